The van der Waals surface area contributed by atoms with Crippen LogP contribution in [0.3, 0.4) is 0 Å². The molecule has 3 aromatic rings. The first kappa shape index (κ1) is 26.2. The molecular formula is C29H31BrN2O4. The fraction of sp³-hybridized carbons (Fsp3) is 0.310. The van der Waals surface area contributed by atoms with E-state index in [1.165, 1.54) is 0 Å². The van der Waals surface area contributed by atoms with E-state index in [9.17, 15) is 19.8 Å². The van der Waals surface area contributed by atoms with Gasteiger partial charge in [0.05, 0.1) is 24.3 Å². The second-order valence-corrected chi connectivity index (χ2v) is 10.3. The molecule has 0 spiro atoms. The number of carbonyl (C=O) groups excluding carboxylic acids is 2. The Bertz CT molecular complexity index is 1170. The first-order valence-electron chi connectivity index (χ1n) is 12.2. The van der Waals surface area contributed by atoms with Gasteiger partial charge in [-0.15, -0.1) is 0 Å². The molecule has 1 aliphatic carbocycles. The quantitative estimate of drug-likeness (QED) is 0.273. The summed E-state index contributed by atoms with van der Waals surface area (Å²) in [5, 5.41) is 27.7. The number of aliphatic hydroxyl groups is 2. The molecule has 3 aromatic carbocycles. The van der Waals surface area contributed by atoms with Crippen molar-refractivity contribution in [3.05, 3.63) is 106 Å². The van der Waals surface area contributed by atoms with Crippen LogP contribution in [-0.4, -0.2) is 47.2 Å². The highest BCUT2D eigenvalue weighted by Crippen LogP contribution is 2.32. The largest absolute Gasteiger partial charge is 0.391 e. The van der Waals surface area contributed by atoms with Gasteiger partial charge in [0.1, 0.15) is 6.29 Å². The Balaban J connectivity index is 1.46. The van der Waals surface area contributed by atoms with Crippen molar-refractivity contribution in [2.45, 2.75) is 43.6 Å². The Kier molecular flexibility index (Phi) is 9.04. The summed E-state index contributed by atoms with van der Waals surface area (Å²) in [6, 6.07) is 23.8. The fourth-order valence-electron chi connectivity index (χ4n) is 4.92. The molecule has 188 valence electrons. The van der Waals surface area contributed by atoms with Gasteiger partial charge in [0.2, 0.25) is 0 Å². The highest BCUT2D eigenvalue weighted by Gasteiger charge is 2.35. The summed E-state index contributed by atoms with van der Waals surface area (Å²) in [5.41, 5.74) is 3.62. The molecule has 1 aliphatic rings. The zero-order valence-electron chi connectivity index (χ0n) is 19.9. The van der Waals surface area contributed by atoms with E-state index in [0.29, 0.717) is 24.8 Å². The number of aliphatic hydroxyl groups excluding tert-OH is 2. The molecule has 36 heavy (non-hydrogen) atoms. The molecule has 7 heteroatoms. The Labute approximate surface area is 219 Å². The molecule has 0 saturated heterocycles. The van der Waals surface area contributed by atoms with E-state index >= 15 is 0 Å². The lowest BCUT2D eigenvalue weighted by Gasteiger charge is -2.30. The number of rotatable bonds is 11. The molecule has 0 heterocycles. The Hall–Kier alpha value is -2.84. The van der Waals surface area contributed by atoms with Crippen LogP contribution in [0.1, 0.15) is 39.5 Å². The topological polar surface area (TPSA) is 98.7 Å². The summed E-state index contributed by atoms with van der Waals surface area (Å²) in [5.74, 6) is -0.520. The third-order valence-electron chi connectivity index (χ3n) is 6.73. The second-order valence-electron chi connectivity index (χ2n) is 9.34. The van der Waals surface area contributed by atoms with Gasteiger partial charge in [-0.05, 0) is 53.6 Å². The van der Waals surface area contributed by atoms with Gasteiger partial charge in [-0.25, -0.2) is 0 Å². The number of hydrogen-bond acceptors (Lipinski definition) is 5. The number of aldehydes is 1. The lowest BCUT2D eigenvalue weighted by molar-refractivity contribution is -0.111. The lowest BCUT2D eigenvalue weighted by Crippen LogP contribution is -2.45. The van der Waals surface area contributed by atoms with E-state index < -0.39 is 18.2 Å². The average molecular weight is 551 g/mol. The SMILES string of the molecule is O=CC(NC1c2ccccc2CC1O)C(Cc1ccccc1)CC(O)CNC(=O)c1cccc(Br)c1. The number of amides is 1. The molecule has 0 radical (unpaired) electrons. The predicted octanol–water partition coefficient (Wildman–Crippen LogP) is 3.60. The van der Waals surface area contributed by atoms with Crippen molar-refractivity contribution in [3.8, 4) is 0 Å². The van der Waals surface area contributed by atoms with Gasteiger partial charge >= 0.3 is 0 Å². The van der Waals surface area contributed by atoms with Crippen LogP contribution in [-0.2, 0) is 17.6 Å². The monoisotopic (exact) mass is 550 g/mol. The minimum absolute atomic E-state index is 0.0666. The molecule has 5 unspecified atom stereocenters. The molecule has 4 rings (SSSR count). The summed E-state index contributed by atoms with van der Waals surface area (Å²) in [7, 11) is 0. The Morgan fingerprint density at radius 1 is 1.06 bits per heavy atom. The number of nitrogens with one attached hydrogen (secondary N) is 2. The van der Waals surface area contributed by atoms with E-state index in [-0.39, 0.29) is 24.4 Å². The van der Waals surface area contributed by atoms with Crippen molar-refractivity contribution in [3.63, 3.8) is 0 Å². The zero-order valence-corrected chi connectivity index (χ0v) is 21.5. The molecule has 0 fully saturated rings. The van der Waals surface area contributed by atoms with Crippen molar-refractivity contribution >= 4 is 28.1 Å². The third-order valence-corrected chi connectivity index (χ3v) is 7.22. The maximum absolute atomic E-state index is 12.5. The third kappa shape index (κ3) is 6.68. The summed E-state index contributed by atoms with van der Waals surface area (Å²) in [6.07, 6.45) is 0.796. The second kappa shape index (κ2) is 12.4. The van der Waals surface area contributed by atoms with Crippen LogP contribution < -0.4 is 10.6 Å². The molecule has 0 aliphatic heterocycles. The first-order chi connectivity index (χ1) is 17.4. The number of fused-ring (bicyclic) bond motifs is 1. The van der Waals surface area contributed by atoms with Crippen molar-refractivity contribution in [1.82, 2.24) is 10.6 Å². The zero-order chi connectivity index (χ0) is 25.5. The molecule has 0 bridgehead atoms. The summed E-state index contributed by atoms with van der Waals surface area (Å²) in [6.45, 7) is 0.0666. The number of halogens is 1. The highest BCUT2D eigenvalue weighted by molar-refractivity contribution is 9.10. The van der Waals surface area contributed by atoms with Gasteiger partial charge < -0.3 is 20.3 Å². The number of carbonyl (C=O) groups is 2. The smallest absolute Gasteiger partial charge is 0.251 e. The van der Waals surface area contributed by atoms with Gasteiger partial charge in [-0.2, -0.15) is 0 Å². The fourth-order valence-corrected chi connectivity index (χ4v) is 5.32. The standard InChI is InChI=1S/C29H31BrN2O4/c30-23-11-6-10-21(14-23)29(36)31-17-24(34)15-22(13-19-7-2-1-3-8-19)26(18-33)32-28-25-12-5-4-9-20(25)16-27(28)35/h1-12,14,18,22,24,26-28,32,34-35H,13,15-17H2,(H,31,36). The Morgan fingerprint density at radius 2 is 1.81 bits per heavy atom. The number of benzene rings is 3. The average Bonchev–Trinajstić information content (AvgIpc) is 3.20. The number of hydrogen-bond donors (Lipinski definition) is 4. The molecule has 4 N–H and O–H groups in total. The Morgan fingerprint density at radius 3 is 2.56 bits per heavy atom. The maximum atomic E-state index is 12.5. The van der Waals surface area contributed by atoms with Gasteiger partial charge in [-0.3, -0.25) is 10.1 Å². The van der Waals surface area contributed by atoms with Crippen molar-refractivity contribution < 1.29 is 19.8 Å². The van der Waals surface area contributed by atoms with E-state index in [1.54, 1.807) is 18.2 Å². The maximum Gasteiger partial charge on any atom is 0.251 e. The lowest BCUT2D eigenvalue weighted by atomic mass is 9.87. The summed E-state index contributed by atoms with van der Waals surface area (Å²) >= 11 is 3.36. The molecule has 5 atom stereocenters. The molecule has 0 saturated carbocycles. The minimum Gasteiger partial charge on any atom is -0.391 e. The van der Waals surface area contributed by atoms with E-state index in [1.807, 2.05) is 60.7 Å². The molecule has 6 nitrogen and oxygen atoms in total. The van der Waals surface area contributed by atoms with Crippen LogP contribution in [0.25, 0.3) is 0 Å². The van der Waals surface area contributed by atoms with Crippen molar-refractivity contribution in [1.29, 1.82) is 0 Å². The van der Waals surface area contributed by atoms with Gasteiger partial charge in [0, 0.05) is 23.0 Å². The molecule has 0 aromatic heterocycles. The van der Waals surface area contributed by atoms with Crippen molar-refractivity contribution in [2.24, 2.45) is 5.92 Å². The summed E-state index contributed by atoms with van der Waals surface area (Å²) in [4.78, 5) is 24.8. The minimum atomic E-state index is -0.847. The van der Waals surface area contributed by atoms with Gasteiger partial charge in [0.25, 0.3) is 5.91 Å². The van der Waals surface area contributed by atoms with E-state index in [4.69, 9.17) is 0 Å². The predicted molar refractivity (Wildman–Crippen MR) is 143 cm³/mol. The highest BCUT2D eigenvalue weighted by atomic mass is 79.9. The van der Waals surface area contributed by atoms with E-state index in [0.717, 1.165) is 27.4 Å². The van der Waals surface area contributed by atoms with Gasteiger partial charge in [-0.1, -0.05) is 76.6 Å². The first-order valence-corrected chi connectivity index (χ1v) is 13.0. The van der Waals surface area contributed by atoms with Crippen LogP contribution in [0.5, 0.6) is 0 Å². The van der Waals surface area contributed by atoms with Crippen LogP contribution in [0.4, 0.5) is 0 Å². The molecule has 1 amide bonds. The van der Waals surface area contributed by atoms with Crippen LogP contribution in [0.2, 0.25) is 0 Å². The van der Waals surface area contributed by atoms with Crippen molar-refractivity contribution in [2.75, 3.05) is 6.54 Å². The van der Waals surface area contributed by atoms with Gasteiger partial charge in [0.15, 0.2) is 0 Å². The summed E-state index contributed by atoms with van der Waals surface area (Å²) < 4.78 is 0.800. The van der Waals surface area contributed by atoms with Crippen LogP contribution in [0.15, 0.2) is 83.3 Å². The van der Waals surface area contributed by atoms with E-state index in [2.05, 4.69) is 26.6 Å². The molecular weight excluding hydrogens is 520 g/mol. The van der Waals surface area contributed by atoms with Crippen LogP contribution >= 0.6 is 15.9 Å². The van der Waals surface area contributed by atoms with Crippen LogP contribution in [0, 0.1) is 5.92 Å². The normalized spacial score (nSPS) is 19.2.